The number of nitrogens with zero attached hydrogens (tertiary/aromatic N) is 2. The molecule has 0 saturated heterocycles. The maximum Gasteiger partial charge on any atom is 0.290 e. The molecular weight excluding hydrogens is 275 g/mol. The Hall–Kier alpha value is -3.02. The van der Waals surface area contributed by atoms with Crippen LogP contribution < -0.4 is 0 Å². The first-order valence-corrected chi connectivity index (χ1v) is 5.91. The van der Waals surface area contributed by atoms with Gasteiger partial charge in [0.2, 0.25) is 0 Å². The molecule has 5 nitrogen and oxygen atoms in total. The van der Waals surface area contributed by atoms with E-state index < -0.39 is 0 Å². The highest BCUT2D eigenvalue weighted by Gasteiger charge is 2.03. The van der Waals surface area contributed by atoms with E-state index in [9.17, 15) is 9.50 Å². The monoisotopic (exact) mass is 286 g/mol. The van der Waals surface area contributed by atoms with E-state index in [4.69, 9.17) is 9.90 Å². The molecule has 0 saturated carbocycles. The van der Waals surface area contributed by atoms with Crippen LogP contribution in [-0.4, -0.2) is 26.7 Å². The summed E-state index contributed by atoms with van der Waals surface area (Å²) in [6.45, 7) is -0.250. The van der Waals surface area contributed by atoms with Gasteiger partial charge in [0.05, 0.1) is 11.7 Å². The van der Waals surface area contributed by atoms with Gasteiger partial charge in [0, 0.05) is 35.0 Å². The van der Waals surface area contributed by atoms with Crippen LogP contribution in [0.1, 0.15) is 0 Å². The molecule has 0 bridgehead atoms. The van der Waals surface area contributed by atoms with E-state index in [2.05, 4.69) is 9.97 Å². The highest BCUT2D eigenvalue weighted by atomic mass is 19.1. The van der Waals surface area contributed by atoms with Gasteiger partial charge in [-0.15, -0.1) is 0 Å². The summed E-state index contributed by atoms with van der Waals surface area (Å²) >= 11 is 0. The predicted molar refractivity (Wildman–Crippen MR) is 75.3 cm³/mol. The molecule has 21 heavy (non-hydrogen) atoms. The molecule has 0 aliphatic carbocycles. The van der Waals surface area contributed by atoms with E-state index in [1.54, 1.807) is 24.5 Å². The van der Waals surface area contributed by atoms with Crippen molar-refractivity contribution in [1.82, 2.24) is 9.97 Å². The first-order chi connectivity index (χ1) is 10.1. The van der Waals surface area contributed by atoms with Gasteiger partial charge in [0.25, 0.3) is 6.47 Å². The molecule has 3 rings (SSSR count). The van der Waals surface area contributed by atoms with Crippen LogP contribution in [0, 0.1) is 5.82 Å². The summed E-state index contributed by atoms with van der Waals surface area (Å²) in [5, 5.41) is 17.1. The Morgan fingerprint density at radius 2 is 1.76 bits per heavy atom. The molecule has 0 atom stereocenters. The van der Waals surface area contributed by atoms with Crippen molar-refractivity contribution in [3.05, 3.63) is 54.7 Å². The van der Waals surface area contributed by atoms with Crippen LogP contribution in [-0.2, 0) is 4.79 Å². The van der Waals surface area contributed by atoms with Gasteiger partial charge in [0.1, 0.15) is 11.6 Å². The zero-order valence-corrected chi connectivity index (χ0v) is 10.8. The number of rotatable bonds is 1. The fraction of sp³-hybridized carbons (Fsp3) is 0. The number of hydrogen-bond acceptors (Lipinski definition) is 4. The van der Waals surface area contributed by atoms with Gasteiger partial charge >= 0.3 is 0 Å². The van der Waals surface area contributed by atoms with Crippen molar-refractivity contribution in [3.8, 4) is 16.9 Å². The van der Waals surface area contributed by atoms with Crippen molar-refractivity contribution in [1.29, 1.82) is 0 Å². The Bertz CT molecular complexity index is 778. The summed E-state index contributed by atoms with van der Waals surface area (Å²) in [5.74, 6) is -0.200. The summed E-state index contributed by atoms with van der Waals surface area (Å²) in [7, 11) is 0. The maximum absolute atomic E-state index is 13.0. The van der Waals surface area contributed by atoms with Crippen molar-refractivity contribution >= 4 is 17.4 Å². The number of hydrogen-bond donors (Lipinski definition) is 2. The third-order valence-corrected chi connectivity index (χ3v) is 2.70. The Labute approximate surface area is 119 Å². The van der Waals surface area contributed by atoms with Gasteiger partial charge in [-0.1, -0.05) is 0 Å². The lowest BCUT2D eigenvalue weighted by atomic mass is 10.1. The first-order valence-electron chi connectivity index (χ1n) is 5.91. The summed E-state index contributed by atoms with van der Waals surface area (Å²) in [5.41, 5.74) is 2.21. The topological polar surface area (TPSA) is 83.3 Å². The van der Waals surface area contributed by atoms with E-state index in [-0.39, 0.29) is 18.0 Å². The second-order valence-corrected chi connectivity index (χ2v) is 4.10. The standard InChI is InChI=1S/C14H9FN2O.CH2O2/c15-12-2-1-9-3-10(7-17-14(9)5-12)11-4-13(18)8-16-6-11;2-1-3/h1-8,18H;1H,(H,2,3). The number of carboxylic acid groups (broad SMARTS) is 1. The number of halogens is 1. The van der Waals surface area contributed by atoms with Crippen LogP contribution in [0.25, 0.3) is 22.0 Å². The van der Waals surface area contributed by atoms with E-state index in [0.717, 1.165) is 16.5 Å². The summed E-state index contributed by atoms with van der Waals surface area (Å²) in [6.07, 6.45) is 4.65. The van der Waals surface area contributed by atoms with Gasteiger partial charge < -0.3 is 10.2 Å². The fourth-order valence-electron chi connectivity index (χ4n) is 1.84. The molecule has 0 spiro atoms. The van der Waals surface area contributed by atoms with Crippen LogP contribution in [0.5, 0.6) is 5.75 Å². The Morgan fingerprint density at radius 3 is 2.48 bits per heavy atom. The van der Waals surface area contributed by atoms with Gasteiger partial charge in [0.15, 0.2) is 0 Å². The van der Waals surface area contributed by atoms with Gasteiger partial charge in [-0.05, 0) is 24.3 Å². The average Bonchev–Trinajstić information content (AvgIpc) is 2.47. The lowest BCUT2D eigenvalue weighted by molar-refractivity contribution is -0.122. The molecule has 0 radical (unpaired) electrons. The van der Waals surface area contributed by atoms with Gasteiger partial charge in [-0.25, -0.2) is 4.39 Å². The SMILES string of the molecule is O=CO.Oc1cncc(-c2cnc3cc(F)ccc3c2)c1. The van der Waals surface area contributed by atoms with Crippen LogP contribution >= 0.6 is 0 Å². The fourth-order valence-corrected chi connectivity index (χ4v) is 1.84. The molecule has 6 heteroatoms. The van der Waals surface area contributed by atoms with Crippen LogP contribution in [0.3, 0.4) is 0 Å². The summed E-state index contributed by atoms with van der Waals surface area (Å²) in [6, 6.07) is 7.96. The molecule has 2 heterocycles. The lowest BCUT2D eigenvalue weighted by Crippen LogP contribution is -1.85. The maximum atomic E-state index is 13.0. The zero-order valence-electron chi connectivity index (χ0n) is 10.8. The molecule has 2 N–H and O–H groups in total. The van der Waals surface area contributed by atoms with E-state index in [0.29, 0.717) is 5.52 Å². The first kappa shape index (κ1) is 14.4. The Kier molecular flexibility index (Phi) is 4.40. The summed E-state index contributed by atoms with van der Waals surface area (Å²) in [4.78, 5) is 16.5. The zero-order chi connectivity index (χ0) is 15.2. The second kappa shape index (κ2) is 6.42. The van der Waals surface area contributed by atoms with Crippen molar-refractivity contribution in [3.63, 3.8) is 0 Å². The minimum Gasteiger partial charge on any atom is -0.506 e. The molecule has 1 aromatic carbocycles. The molecule has 0 aliphatic rings. The van der Waals surface area contributed by atoms with Crippen LogP contribution in [0.15, 0.2) is 48.9 Å². The molecule has 0 aliphatic heterocycles. The number of fused-ring (bicyclic) bond motifs is 1. The van der Waals surface area contributed by atoms with Crippen LogP contribution in [0.4, 0.5) is 4.39 Å². The average molecular weight is 286 g/mol. The van der Waals surface area contributed by atoms with Crippen molar-refractivity contribution in [2.24, 2.45) is 0 Å². The highest BCUT2D eigenvalue weighted by molar-refractivity contribution is 5.83. The molecule has 2 aromatic heterocycles. The molecule has 3 aromatic rings. The number of aromatic hydroxyl groups is 1. The Morgan fingerprint density at radius 1 is 1.05 bits per heavy atom. The largest absolute Gasteiger partial charge is 0.506 e. The number of benzene rings is 1. The molecular formula is C15H11FN2O3. The lowest BCUT2D eigenvalue weighted by Gasteiger charge is -2.03. The number of carbonyl (C=O) groups is 1. The second-order valence-electron chi connectivity index (χ2n) is 4.10. The third kappa shape index (κ3) is 3.50. The molecule has 0 fully saturated rings. The highest BCUT2D eigenvalue weighted by Crippen LogP contribution is 2.24. The number of pyridine rings is 2. The molecule has 0 unspecified atom stereocenters. The minimum atomic E-state index is -0.304. The van der Waals surface area contributed by atoms with Crippen molar-refractivity contribution < 1.29 is 19.4 Å². The predicted octanol–water partition coefficient (Wildman–Crippen LogP) is 2.84. The number of aromatic nitrogens is 2. The van der Waals surface area contributed by atoms with Gasteiger partial charge in [-0.2, -0.15) is 0 Å². The summed E-state index contributed by atoms with van der Waals surface area (Å²) < 4.78 is 13.0. The minimum absolute atomic E-state index is 0.103. The quantitative estimate of drug-likeness (QED) is 0.672. The van der Waals surface area contributed by atoms with Crippen molar-refractivity contribution in [2.75, 3.05) is 0 Å². The van der Waals surface area contributed by atoms with Crippen molar-refractivity contribution in [2.45, 2.75) is 0 Å². The molecule has 106 valence electrons. The van der Waals surface area contributed by atoms with Crippen LogP contribution in [0.2, 0.25) is 0 Å². The van der Waals surface area contributed by atoms with E-state index >= 15 is 0 Å². The van der Waals surface area contributed by atoms with E-state index in [1.807, 2.05) is 6.07 Å². The van der Waals surface area contributed by atoms with E-state index in [1.165, 1.54) is 18.3 Å². The smallest absolute Gasteiger partial charge is 0.290 e. The normalized spacial score (nSPS) is 9.76. The third-order valence-electron chi connectivity index (χ3n) is 2.70. The van der Waals surface area contributed by atoms with Gasteiger partial charge in [-0.3, -0.25) is 14.8 Å². The Balaban J connectivity index is 0.000000497. The molecule has 0 amide bonds.